The zero-order chi connectivity index (χ0) is 11.5. The summed E-state index contributed by atoms with van der Waals surface area (Å²) in [6.45, 7) is 2.09. The van der Waals surface area contributed by atoms with Crippen LogP contribution in [0, 0.1) is 0 Å². The maximum Gasteiger partial charge on any atom is 0.216 e. The molecule has 0 aliphatic carbocycles. The molecular weight excluding hydrogens is 224 g/mol. The van der Waals surface area contributed by atoms with E-state index in [0.29, 0.717) is 6.54 Å². The predicted molar refractivity (Wildman–Crippen MR) is 63.7 cm³/mol. The minimum Gasteiger partial charge on any atom is -0.508 e. The largest absolute Gasteiger partial charge is 0.508 e. The molecule has 0 fully saturated rings. The van der Waals surface area contributed by atoms with E-state index in [1.807, 2.05) is 0 Å². The van der Waals surface area contributed by atoms with Crippen molar-refractivity contribution in [2.45, 2.75) is 13.3 Å². The van der Waals surface area contributed by atoms with Crippen LogP contribution in [0.25, 0.3) is 10.2 Å². The van der Waals surface area contributed by atoms with Gasteiger partial charge in [0.2, 0.25) is 5.91 Å². The van der Waals surface area contributed by atoms with Gasteiger partial charge in [0.05, 0.1) is 15.2 Å². The van der Waals surface area contributed by atoms with Gasteiger partial charge < -0.3 is 10.4 Å². The summed E-state index contributed by atoms with van der Waals surface area (Å²) in [4.78, 5) is 15.1. The first-order chi connectivity index (χ1) is 7.65. The number of thiazole rings is 1. The molecule has 2 rings (SSSR count). The third kappa shape index (κ3) is 2.49. The van der Waals surface area contributed by atoms with Crippen molar-refractivity contribution >= 4 is 27.5 Å². The second-order valence-electron chi connectivity index (χ2n) is 3.49. The Kier molecular flexibility index (Phi) is 3.05. The molecule has 0 atom stereocenters. The van der Waals surface area contributed by atoms with Gasteiger partial charge in [0.25, 0.3) is 0 Å². The molecule has 1 aromatic carbocycles. The van der Waals surface area contributed by atoms with Crippen molar-refractivity contribution in [3.63, 3.8) is 0 Å². The van der Waals surface area contributed by atoms with Gasteiger partial charge in [0, 0.05) is 19.9 Å². The first kappa shape index (κ1) is 10.9. The maximum absolute atomic E-state index is 10.7. The predicted octanol–water partition coefficient (Wildman–Crippen LogP) is 1.68. The van der Waals surface area contributed by atoms with Gasteiger partial charge in [-0.15, -0.1) is 11.3 Å². The summed E-state index contributed by atoms with van der Waals surface area (Å²) in [5.41, 5.74) is 0.889. The van der Waals surface area contributed by atoms with Crippen molar-refractivity contribution in [1.29, 1.82) is 0 Å². The highest BCUT2D eigenvalue weighted by Crippen LogP contribution is 2.25. The summed E-state index contributed by atoms with van der Waals surface area (Å²) in [5, 5.41) is 13.0. The number of hydrogen-bond acceptors (Lipinski definition) is 4. The van der Waals surface area contributed by atoms with Crippen LogP contribution in [0.2, 0.25) is 0 Å². The van der Waals surface area contributed by atoms with Gasteiger partial charge in [-0.3, -0.25) is 4.79 Å². The summed E-state index contributed by atoms with van der Waals surface area (Å²) in [6.07, 6.45) is 0.722. The van der Waals surface area contributed by atoms with Gasteiger partial charge in [-0.25, -0.2) is 4.98 Å². The molecule has 5 heteroatoms. The second-order valence-corrected chi connectivity index (χ2v) is 4.61. The first-order valence-electron chi connectivity index (χ1n) is 4.98. The van der Waals surface area contributed by atoms with Crippen LogP contribution >= 0.6 is 11.3 Å². The van der Waals surface area contributed by atoms with Crippen LogP contribution in [-0.2, 0) is 11.2 Å². The number of amides is 1. The lowest BCUT2D eigenvalue weighted by Crippen LogP contribution is -2.22. The molecule has 1 heterocycles. The SMILES string of the molecule is CC(=O)NCCc1nc2ccc(O)cc2s1. The van der Waals surface area contributed by atoms with E-state index in [2.05, 4.69) is 10.3 Å². The van der Waals surface area contributed by atoms with E-state index in [4.69, 9.17) is 0 Å². The monoisotopic (exact) mass is 236 g/mol. The summed E-state index contributed by atoms with van der Waals surface area (Å²) in [6, 6.07) is 5.12. The molecule has 0 unspecified atom stereocenters. The minimum absolute atomic E-state index is 0.0289. The Hall–Kier alpha value is -1.62. The molecule has 0 aliphatic rings. The van der Waals surface area contributed by atoms with E-state index >= 15 is 0 Å². The van der Waals surface area contributed by atoms with E-state index < -0.39 is 0 Å². The van der Waals surface area contributed by atoms with E-state index in [1.54, 1.807) is 29.5 Å². The summed E-state index contributed by atoms with van der Waals surface area (Å²) < 4.78 is 0.970. The second kappa shape index (κ2) is 4.49. The Morgan fingerprint density at radius 2 is 2.38 bits per heavy atom. The smallest absolute Gasteiger partial charge is 0.216 e. The van der Waals surface area contributed by atoms with Gasteiger partial charge in [-0.2, -0.15) is 0 Å². The van der Waals surface area contributed by atoms with Crippen molar-refractivity contribution in [1.82, 2.24) is 10.3 Å². The van der Waals surface area contributed by atoms with Crippen LogP contribution in [0.1, 0.15) is 11.9 Å². The van der Waals surface area contributed by atoms with Crippen molar-refractivity contribution in [3.05, 3.63) is 23.2 Å². The van der Waals surface area contributed by atoms with Gasteiger partial charge in [0.15, 0.2) is 0 Å². The molecular formula is C11H12N2O2S. The van der Waals surface area contributed by atoms with E-state index in [1.165, 1.54) is 6.92 Å². The van der Waals surface area contributed by atoms with E-state index in [9.17, 15) is 9.90 Å². The van der Waals surface area contributed by atoms with Crippen LogP contribution in [-0.4, -0.2) is 22.5 Å². The molecule has 0 saturated heterocycles. The number of rotatable bonds is 3. The number of nitrogens with zero attached hydrogens (tertiary/aromatic N) is 1. The molecule has 4 nitrogen and oxygen atoms in total. The van der Waals surface area contributed by atoms with Gasteiger partial charge in [-0.1, -0.05) is 0 Å². The third-order valence-corrected chi connectivity index (χ3v) is 3.21. The fourth-order valence-electron chi connectivity index (χ4n) is 1.41. The first-order valence-corrected chi connectivity index (χ1v) is 5.79. The topological polar surface area (TPSA) is 62.2 Å². The molecule has 0 bridgehead atoms. The number of carbonyl (C=O) groups is 1. The lowest BCUT2D eigenvalue weighted by atomic mass is 10.3. The standard InChI is InChI=1S/C11H12N2O2S/c1-7(14)12-5-4-11-13-9-3-2-8(15)6-10(9)16-11/h2-3,6,15H,4-5H2,1H3,(H,12,14). The highest BCUT2D eigenvalue weighted by Gasteiger charge is 2.04. The van der Waals surface area contributed by atoms with Crippen molar-refractivity contribution in [2.24, 2.45) is 0 Å². The molecule has 0 radical (unpaired) electrons. The number of hydrogen-bond donors (Lipinski definition) is 2. The lowest BCUT2D eigenvalue weighted by molar-refractivity contribution is -0.118. The summed E-state index contributed by atoms with van der Waals surface area (Å²) >= 11 is 1.54. The molecule has 2 N–H and O–H groups in total. The maximum atomic E-state index is 10.7. The summed E-state index contributed by atoms with van der Waals surface area (Å²) in [5.74, 6) is 0.225. The number of fused-ring (bicyclic) bond motifs is 1. The highest BCUT2D eigenvalue weighted by molar-refractivity contribution is 7.18. The number of phenols is 1. The van der Waals surface area contributed by atoms with Crippen molar-refractivity contribution in [2.75, 3.05) is 6.54 Å². The third-order valence-electron chi connectivity index (χ3n) is 2.13. The number of aromatic nitrogens is 1. The summed E-state index contributed by atoms with van der Waals surface area (Å²) in [7, 11) is 0. The number of carbonyl (C=O) groups excluding carboxylic acids is 1. The molecule has 0 aliphatic heterocycles. The lowest BCUT2D eigenvalue weighted by Gasteiger charge is -1.97. The Bertz CT molecular complexity index is 522. The number of benzene rings is 1. The van der Waals surface area contributed by atoms with Crippen LogP contribution < -0.4 is 5.32 Å². The fraction of sp³-hybridized carbons (Fsp3) is 0.273. The van der Waals surface area contributed by atoms with E-state index in [-0.39, 0.29) is 11.7 Å². The minimum atomic E-state index is -0.0289. The zero-order valence-electron chi connectivity index (χ0n) is 8.86. The fourth-order valence-corrected chi connectivity index (χ4v) is 2.41. The quantitative estimate of drug-likeness (QED) is 0.852. The average Bonchev–Trinajstić information content (AvgIpc) is 2.58. The number of aromatic hydroxyl groups is 1. The molecule has 0 spiro atoms. The van der Waals surface area contributed by atoms with Gasteiger partial charge >= 0.3 is 0 Å². The molecule has 16 heavy (non-hydrogen) atoms. The highest BCUT2D eigenvalue weighted by atomic mass is 32.1. The van der Waals surface area contributed by atoms with Crippen LogP contribution in [0.3, 0.4) is 0 Å². The molecule has 84 valence electrons. The van der Waals surface area contributed by atoms with Crippen LogP contribution in [0.4, 0.5) is 0 Å². The Morgan fingerprint density at radius 1 is 1.56 bits per heavy atom. The zero-order valence-corrected chi connectivity index (χ0v) is 9.67. The van der Waals surface area contributed by atoms with Gasteiger partial charge in [0.1, 0.15) is 5.75 Å². The molecule has 1 aromatic heterocycles. The van der Waals surface area contributed by atoms with Crippen molar-refractivity contribution in [3.8, 4) is 5.75 Å². The van der Waals surface area contributed by atoms with Crippen molar-refractivity contribution < 1.29 is 9.90 Å². The van der Waals surface area contributed by atoms with Crippen LogP contribution in [0.5, 0.6) is 5.75 Å². The Balaban J connectivity index is 2.10. The molecule has 0 saturated carbocycles. The number of phenolic OH excluding ortho intramolecular Hbond substituents is 1. The molecule has 1 amide bonds. The normalized spacial score (nSPS) is 10.6. The van der Waals surface area contributed by atoms with E-state index in [0.717, 1.165) is 21.6 Å². The Labute approximate surface area is 96.9 Å². The number of nitrogens with one attached hydrogen (secondary N) is 1. The van der Waals surface area contributed by atoms with Crippen LogP contribution in [0.15, 0.2) is 18.2 Å². The van der Waals surface area contributed by atoms with Gasteiger partial charge in [-0.05, 0) is 18.2 Å². The Morgan fingerprint density at radius 3 is 3.12 bits per heavy atom. The molecule has 2 aromatic rings. The average molecular weight is 236 g/mol.